The lowest BCUT2D eigenvalue weighted by atomic mass is 10.2. The molecular weight excluding hydrogens is 228 g/mol. The highest BCUT2D eigenvalue weighted by atomic mass is 32.2. The average Bonchev–Trinajstić information content (AvgIpc) is 2.36. The Morgan fingerprint density at radius 1 is 1.41 bits per heavy atom. The molecule has 0 saturated carbocycles. The van der Waals surface area contributed by atoms with Gasteiger partial charge in [-0.25, -0.2) is 4.98 Å². The number of aromatic nitrogens is 1. The predicted octanol–water partition coefficient (Wildman–Crippen LogP) is 4.18. The minimum absolute atomic E-state index is 0.819. The smallest absolute Gasteiger partial charge is 0.126 e. The van der Waals surface area contributed by atoms with Crippen LogP contribution in [0.25, 0.3) is 0 Å². The van der Waals surface area contributed by atoms with Crippen LogP contribution in [0.4, 0.5) is 5.82 Å². The van der Waals surface area contributed by atoms with E-state index in [1.54, 1.807) is 0 Å². The Kier molecular flexibility index (Phi) is 7.10. The highest BCUT2D eigenvalue weighted by molar-refractivity contribution is 7.98. The third kappa shape index (κ3) is 5.97. The van der Waals surface area contributed by atoms with E-state index in [1.807, 2.05) is 18.0 Å². The van der Waals surface area contributed by atoms with Crippen molar-refractivity contribution in [2.45, 2.75) is 39.4 Å². The molecule has 1 N–H and O–H groups in total. The first-order valence-corrected chi connectivity index (χ1v) is 7.68. The van der Waals surface area contributed by atoms with Gasteiger partial charge in [0.05, 0.1) is 0 Å². The Labute approximate surface area is 110 Å². The summed E-state index contributed by atoms with van der Waals surface area (Å²) in [6, 6.07) is 4.28. The summed E-state index contributed by atoms with van der Waals surface area (Å²) in [7, 11) is 0. The summed E-state index contributed by atoms with van der Waals surface area (Å²) >= 11 is 2.02. The van der Waals surface area contributed by atoms with E-state index >= 15 is 0 Å². The maximum atomic E-state index is 4.32. The van der Waals surface area contributed by atoms with Gasteiger partial charge < -0.3 is 5.32 Å². The maximum absolute atomic E-state index is 4.32. The van der Waals surface area contributed by atoms with E-state index in [0.717, 1.165) is 30.5 Å². The molecule has 0 aliphatic heterocycles. The monoisotopic (exact) mass is 252 g/mol. The summed E-state index contributed by atoms with van der Waals surface area (Å²) in [6.45, 7) is 7.73. The van der Waals surface area contributed by atoms with Crippen molar-refractivity contribution >= 4 is 17.6 Å². The largest absolute Gasteiger partial charge is 0.370 e. The zero-order valence-electron chi connectivity index (χ0n) is 11.2. The van der Waals surface area contributed by atoms with Crippen LogP contribution in [0.1, 0.15) is 39.2 Å². The Morgan fingerprint density at radius 3 is 2.94 bits per heavy atom. The maximum Gasteiger partial charge on any atom is 0.126 e. The number of anilines is 1. The lowest BCUT2D eigenvalue weighted by Crippen LogP contribution is -2.02. The first kappa shape index (κ1) is 14.4. The normalized spacial score (nSPS) is 12.4. The fourth-order valence-corrected chi connectivity index (χ4v) is 2.58. The third-order valence-corrected chi connectivity index (χ3v) is 4.09. The van der Waals surface area contributed by atoms with Crippen LogP contribution in [-0.2, 0) is 5.75 Å². The van der Waals surface area contributed by atoms with E-state index in [4.69, 9.17) is 0 Å². The summed E-state index contributed by atoms with van der Waals surface area (Å²) in [6.07, 6.45) is 4.30. The molecule has 1 atom stereocenters. The zero-order chi connectivity index (χ0) is 12.5. The highest BCUT2D eigenvalue weighted by Gasteiger charge is 2.01. The van der Waals surface area contributed by atoms with Crippen molar-refractivity contribution in [2.24, 2.45) is 5.92 Å². The van der Waals surface area contributed by atoms with E-state index in [-0.39, 0.29) is 0 Å². The molecule has 1 heterocycles. The standard InChI is InChI=1S/C14H24N2S/c1-4-7-15-14-9-13(6-8-16-14)11-17-10-12(3)5-2/h6,8-9,12H,4-5,7,10-11H2,1-3H3,(H,15,16). The SMILES string of the molecule is CCCNc1cc(CSCC(C)CC)ccn1. The fraction of sp³-hybridized carbons (Fsp3) is 0.643. The molecule has 0 aromatic carbocycles. The van der Waals surface area contributed by atoms with Crippen LogP contribution in [-0.4, -0.2) is 17.3 Å². The number of pyridine rings is 1. The number of thioether (sulfide) groups is 1. The zero-order valence-corrected chi connectivity index (χ0v) is 12.0. The van der Waals surface area contributed by atoms with Crippen LogP contribution in [0.5, 0.6) is 0 Å². The average molecular weight is 252 g/mol. The molecular formula is C14H24N2S. The lowest BCUT2D eigenvalue weighted by molar-refractivity contribution is 0.637. The van der Waals surface area contributed by atoms with Crippen molar-refractivity contribution in [3.8, 4) is 0 Å². The molecule has 0 aliphatic rings. The van der Waals surface area contributed by atoms with E-state index < -0.39 is 0 Å². The third-order valence-electron chi connectivity index (χ3n) is 2.75. The number of nitrogens with zero attached hydrogens (tertiary/aromatic N) is 1. The van der Waals surface area contributed by atoms with Gasteiger partial charge in [0.2, 0.25) is 0 Å². The van der Waals surface area contributed by atoms with Crippen molar-refractivity contribution in [1.29, 1.82) is 0 Å². The molecule has 1 rings (SSSR count). The van der Waals surface area contributed by atoms with Gasteiger partial charge in [-0.05, 0) is 35.8 Å². The van der Waals surface area contributed by atoms with Crippen molar-refractivity contribution in [2.75, 3.05) is 17.6 Å². The number of rotatable bonds is 8. The Hall–Kier alpha value is -0.700. The summed E-state index contributed by atoms with van der Waals surface area (Å²) < 4.78 is 0. The molecule has 17 heavy (non-hydrogen) atoms. The van der Waals surface area contributed by atoms with Crippen LogP contribution in [0.2, 0.25) is 0 Å². The van der Waals surface area contributed by atoms with E-state index in [1.165, 1.54) is 17.7 Å². The minimum atomic E-state index is 0.819. The fourth-order valence-electron chi connectivity index (χ4n) is 1.41. The molecule has 0 bridgehead atoms. The lowest BCUT2D eigenvalue weighted by Gasteiger charge is -2.09. The molecule has 0 amide bonds. The first-order chi connectivity index (χ1) is 8.26. The summed E-state index contributed by atoms with van der Waals surface area (Å²) in [5.41, 5.74) is 1.37. The molecule has 0 radical (unpaired) electrons. The number of hydrogen-bond donors (Lipinski definition) is 1. The van der Waals surface area contributed by atoms with E-state index in [2.05, 4.69) is 43.2 Å². The number of nitrogens with one attached hydrogen (secondary N) is 1. The Morgan fingerprint density at radius 2 is 2.24 bits per heavy atom. The molecule has 0 fully saturated rings. The quantitative estimate of drug-likeness (QED) is 0.751. The molecule has 1 aromatic rings. The summed E-state index contributed by atoms with van der Waals surface area (Å²) in [5, 5.41) is 3.32. The van der Waals surface area contributed by atoms with Gasteiger partial charge >= 0.3 is 0 Å². The van der Waals surface area contributed by atoms with Gasteiger partial charge in [0.1, 0.15) is 5.82 Å². The second-order valence-electron chi connectivity index (χ2n) is 4.50. The molecule has 2 nitrogen and oxygen atoms in total. The second kappa shape index (κ2) is 8.40. The van der Waals surface area contributed by atoms with Crippen LogP contribution in [0, 0.1) is 5.92 Å². The van der Waals surface area contributed by atoms with Crippen LogP contribution < -0.4 is 5.32 Å². The van der Waals surface area contributed by atoms with Gasteiger partial charge in [-0.3, -0.25) is 0 Å². The van der Waals surface area contributed by atoms with Crippen molar-refractivity contribution in [3.05, 3.63) is 23.9 Å². The van der Waals surface area contributed by atoms with Crippen molar-refractivity contribution < 1.29 is 0 Å². The minimum Gasteiger partial charge on any atom is -0.370 e. The topological polar surface area (TPSA) is 24.9 Å². The van der Waals surface area contributed by atoms with Gasteiger partial charge in [0.15, 0.2) is 0 Å². The highest BCUT2D eigenvalue weighted by Crippen LogP contribution is 2.18. The first-order valence-electron chi connectivity index (χ1n) is 6.52. The van der Waals surface area contributed by atoms with Crippen LogP contribution in [0.15, 0.2) is 18.3 Å². The van der Waals surface area contributed by atoms with Crippen LogP contribution >= 0.6 is 11.8 Å². The molecule has 0 saturated heterocycles. The second-order valence-corrected chi connectivity index (χ2v) is 5.53. The van der Waals surface area contributed by atoms with Gasteiger partial charge in [0, 0.05) is 18.5 Å². The summed E-state index contributed by atoms with van der Waals surface area (Å²) in [5.74, 6) is 4.16. The molecule has 0 aliphatic carbocycles. The Balaban J connectivity index is 2.37. The van der Waals surface area contributed by atoms with Crippen molar-refractivity contribution in [1.82, 2.24) is 4.98 Å². The molecule has 96 valence electrons. The molecule has 0 spiro atoms. The van der Waals surface area contributed by atoms with E-state index in [9.17, 15) is 0 Å². The molecule has 3 heteroatoms. The number of hydrogen-bond acceptors (Lipinski definition) is 3. The predicted molar refractivity (Wildman–Crippen MR) is 78.6 cm³/mol. The van der Waals surface area contributed by atoms with Crippen molar-refractivity contribution in [3.63, 3.8) is 0 Å². The van der Waals surface area contributed by atoms with E-state index in [0.29, 0.717) is 0 Å². The molecule has 1 aromatic heterocycles. The van der Waals surface area contributed by atoms with Gasteiger partial charge in [0.25, 0.3) is 0 Å². The Bertz CT molecular complexity index is 315. The molecule has 1 unspecified atom stereocenters. The van der Waals surface area contributed by atoms with Crippen LogP contribution in [0.3, 0.4) is 0 Å². The van der Waals surface area contributed by atoms with Gasteiger partial charge in [-0.15, -0.1) is 0 Å². The van der Waals surface area contributed by atoms with Gasteiger partial charge in [-0.2, -0.15) is 11.8 Å². The van der Waals surface area contributed by atoms with Gasteiger partial charge in [-0.1, -0.05) is 27.2 Å². The summed E-state index contributed by atoms with van der Waals surface area (Å²) in [4.78, 5) is 4.32.